The average Bonchev–Trinajstić information content (AvgIpc) is 2.47. The summed E-state index contributed by atoms with van der Waals surface area (Å²) in [5, 5.41) is 3.20. The van der Waals surface area contributed by atoms with Crippen molar-refractivity contribution in [2.24, 2.45) is 7.05 Å². The van der Waals surface area contributed by atoms with Crippen LogP contribution in [0, 0.1) is 5.82 Å². The Morgan fingerprint density at radius 3 is 2.40 bits per heavy atom. The first-order chi connectivity index (χ1) is 7.09. The van der Waals surface area contributed by atoms with Crippen molar-refractivity contribution >= 4 is 11.6 Å². The van der Waals surface area contributed by atoms with E-state index in [9.17, 15) is 9.18 Å². The molecule has 0 aliphatic heterocycles. The second-order valence-electron chi connectivity index (χ2n) is 3.17. The second kappa shape index (κ2) is 3.55. The van der Waals surface area contributed by atoms with Crippen molar-refractivity contribution in [3.63, 3.8) is 0 Å². The Balaban J connectivity index is 2.59. The number of rotatable bonds is 1. The second-order valence-corrected chi connectivity index (χ2v) is 3.61. The fourth-order valence-corrected chi connectivity index (χ4v) is 1.46. The van der Waals surface area contributed by atoms with Gasteiger partial charge in [0.05, 0.1) is 0 Å². The van der Waals surface area contributed by atoms with Gasteiger partial charge in [-0.3, -0.25) is 14.6 Å². The number of H-pyrrole nitrogens is 1. The predicted molar refractivity (Wildman–Crippen MR) is 56.4 cm³/mol. The molecule has 0 radical (unpaired) electrons. The van der Waals surface area contributed by atoms with E-state index in [4.69, 9.17) is 11.6 Å². The molecule has 0 fully saturated rings. The Labute approximate surface area is 90.1 Å². The maximum Gasteiger partial charge on any atom is 0.302 e. The van der Waals surface area contributed by atoms with Crippen LogP contribution in [0.5, 0.6) is 0 Å². The van der Waals surface area contributed by atoms with Crippen LogP contribution in [0.3, 0.4) is 0 Å². The zero-order chi connectivity index (χ0) is 11.0. The van der Waals surface area contributed by atoms with Gasteiger partial charge in [0, 0.05) is 17.6 Å². The SMILES string of the molecule is Cn1[nH]c(-c2ccc(Cl)cc2)c(F)c1=O. The number of aromatic amines is 1. The Hall–Kier alpha value is -1.55. The standard InChI is InChI=1S/C10H8ClFN2O/c1-14-10(15)8(12)9(13-14)6-2-4-7(11)5-3-6/h2-5,13H,1H3. The van der Waals surface area contributed by atoms with Gasteiger partial charge >= 0.3 is 5.56 Å². The van der Waals surface area contributed by atoms with Gasteiger partial charge in [-0.05, 0) is 12.1 Å². The van der Waals surface area contributed by atoms with Crippen molar-refractivity contribution in [2.45, 2.75) is 0 Å². The Morgan fingerprint density at radius 2 is 1.93 bits per heavy atom. The topological polar surface area (TPSA) is 37.8 Å². The van der Waals surface area contributed by atoms with E-state index in [-0.39, 0.29) is 5.69 Å². The molecule has 1 aromatic heterocycles. The molecule has 15 heavy (non-hydrogen) atoms. The zero-order valence-corrected chi connectivity index (χ0v) is 8.68. The number of nitrogens with one attached hydrogen (secondary N) is 1. The number of hydrogen-bond donors (Lipinski definition) is 1. The quantitative estimate of drug-likeness (QED) is 0.795. The van der Waals surface area contributed by atoms with E-state index in [0.29, 0.717) is 10.6 Å². The van der Waals surface area contributed by atoms with Crippen LogP contribution in [0.1, 0.15) is 0 Å². The highest BCUT2D eigenvalue weighted by molar-refractivity contribution is 6.30. The van der Waals surface area contributed by atoms with Gasteiger partial charge in [-0.15, -0.1) is 0 Å². The minimum Gasteiger partial charge on any atom is -0.292 e. The lowest BCUT2D eigenvalue weighted by Gasteiger charge is -1.97. The van der Waals surface area contributed by atoms with Crippen molar-refractivity contribution in [3.8, 4) is 11.3 Å². The third-order valence-corrected chi connectivity index (χ3v) is 2.38. The number of nitrogens with zero attached hydrogens (tertiary/aromatic N) is 1. The third-order valence-electron chi connectivity index (χ3n) is 2.12. The van der Waals surface area contributed by atoms with Crippen LogP contribution >= 0.6 is 11.6 Å². The van der Waals surface area contributed by atoms with Gasteiger partial charge in [0.1, 0.15) is 5.69 Å². The average molecular weight is 227 g/mol. The number of aromatic nitrogens is 2. The van der Waals surface area contributed by atoms with Gasteiger partial charge in [-0.2, -0.15) is 4.39 Å². The Kier molecular flexibility index (Phi) is 2.36. The lowest BCUT2D eigenvalue weighted by molar-refractivity contribution is 0.611. The minimum atomic E-state index is -0.778. The summed E-state index contributed by atoms with van der Waals surface area (Å²) in [4.78, 5) is 11.2. The van der Waals surface area contributed by atoms with Gasteiger partial charge in [0.25, 0.3) is 0 Å². The fourth-order valence-electron chi connectivity index (χ4n) is 1.33. The molecule has 0 saturated carbocycles. The van der Waals surface area contributed by atoms with Crippen LogP contribution < -0.4 is 5.56 Å². The van der Waals surface area contributed by atoms with Crippen molar-refractivity contribution in [2.75, 3.05) is 0 Å². The molecule has 1 aromatic carbocycles. The summed E-state index contributed by atoms with van der Waals surface area (Å²) < 4.78 is 14.5. The summed E-state index contributed by atoms with van der Waals surface area (Å²) >= 11 is 5.70. The number of halogens is 2. The smallest absolute Gasteiger partial charge is 0.292 e. The van der Waals surface area contributed by atoms with Gasteiger partial charge in [0.2, 0.25) is 5.82 Å². The first-order valence-electron chi connectivity index (χ1n) is 4.30. The monoisotopic (exact) mass is 226 g/mol. The number of aryl methyl sites for hydroxylation is 1. The molecular formula is C10H8ClFN2O. The Morgan fingerprint density at radius 1 is 1.33 bits per heavy atom. The van der Waals surface area contributed by atoms with Crippen LogP contribution in [0.25, 0.3) is 11.3 Å². The molecule has 0 aliphatic carbocycles. The highest BCUT2D eigenvalue weighted by atomic mass is 35.5. The molecule has 0 aliphatic rings. The van der Waals surface area contributed by atoms with Crippen molar-refractivity contribution in [1.82, 2.24) is 9.78 Å². The van der Waals surface area contributed by atoms with Gasteiger partial charge in [-0.1, -0.05) is 23.7 Å². The van der Waals surface area contributed by atoms with Gasteiger partial charge in [-0.25, -0.2) is 0 Å². The number of hydrogen-bond acceptors (Lipinski definition) is 1. The summed E-state index contributed by atoms with van der Waals surface area (Å²) in [6.07, 6.45) is 0. The fraction of sp³-hybridized carbons (Fsp3) is 0.100. The first-order valence-corrected chi connectivity index (χ1v) is 4.68. The molecular weight excluding hydrogens is 219 g/mol. The lowest BCUT2D eigenvalue weighted by Crippen LogP contribution is -2.13. The summed E-state index contributed by atoms with van der Waals surface area (Å²) in [6.45, 7) is 0. The maximum atomic E-state index is 13.4. The number of benzene rings is 1. The highest BCUT2D eigenvalue weighted by Gasteiger charge is 2.12. The third kappa shape index (κ3) is 1.68. The van der Waals surface area contributed by atoms with Crippen LogP contribution in [0.4, 0.5) is 4.39 Å². The molecule has 1 heterocycles. The van der Waals surface area contributed by atoms with Crippen LogP contribution in [0.15, 0.2) is 29.1 Å². The summed E-state index contributed by atoms with van der Waals surface area (Å²) in [5.41, 5.74) is 0.105. The molecule has 0 spiro atoms. The van der Waals surface area contributed by atoms with Crippen molar-refractivity contribution in [1.29, 1.82) is 0 Å². The molecule has 0 amide bonds. The van der Waals surface area contributed by atoms with Gasteiger partial charge < -0.3 is 0 Å². The van der Waals surface area contributed by atoms with E-state index in [2.05, 4.69) is 5.10 Å². The van der Waals surface area contributed by atoms with Crippen LogP contribution in [0.2, 0.25) is 5.02 Å². The minimum absolute atomic E-state index is 0.180. The zero-order valence-electron chi connectivity index (χ0n) is 7.92. The molecule has 0 atom stereocenters. The highest BCUT2D eigenvalue weighted by Crippen LogP contribution is 2.20. The van der Waals surface area contributed by atoms with Gasteiger partial charge in [0.15, 0.2) is 0 Å². The summed E-state index contributed by atoms with van der Waals surface area (Å²) in [6, 6.07) is 6.58. The maximum absolute atomic E-state index is 13.4. The van der Waals surface area contributed by atoms with E-state index in [1.807, 2.05) is 0 Å². The van der Waals surface area contributed by atoms with Crippen LogP contribution in [-0.2, 0) is 7.05 Å². The molecule has 0 bridgehead atoms. The van der Waals surface area contributed by atoms with E-state index in [1.54, 1.807) is 24.3 Å². The van der Waals surface area contributed by atoms with E-state index >= 15 is 0 Å². The predicted octanol–water partition coefficient (Wildman–Crippen LogP) is 2.17. The Bertz CT molecular complexity index is 542. The lowest BCUT2D eigenvalue weighted by atomic mass is 10.1. The van der Waals surface area contributed by atoms with Crippen molar-refractivity contribution in [3.05, 3.63) is 45.5 Å². The molecule has 78 valence electrons. The van der Waals surface area contributed by atoms with E-state index in [0.717, 1.165) is 4.68 Å². The van der Waals surface area contributed by atoms with Crippen LogP contribution in [-0.4, -0.2) is 9.78 Å². The molecule has 1 N–H and O–H groups in total. The van der Waals surface area contributed by atoms with E-state index in [1.165, 1.54) is 7.05 Å². The van der Waals surface area contributed by atoms with E-state index < -0.39 is 11.4 Å². The largest absolute Gasteiger partial charge is 0.302 e. The molecule has 5 heteroatoms. The van der Waals surface area contributed by atoms with Crippen molar-refractivity contribution < 1.29 is 4.39 Å². The normalized spacial score (nSPS) is 10.6. The molecule has 3 nitrogen and oxygen atoms in total. The summed E-state index contributed by atoms with van der Waals surface area (Å²) in [7, 11) is 1.46. The molecule has 2 rings (SSSR count). The molecule has 0 saturated heterocycles. The summed E-state index contributed by atoms with van der Waals surface area (Å²) in [5.74, 6) is -0.778. The molecule has 0 unspecified atom stereocenters. The molecule has 2 aromatic rings. The first kappa shape index (κ1) is 9.98.